The van der Waals surface area contributed by atoms with E-state index in [-0.39, 0.29) is 22.9 Å². The van der Waals surface area contributed by atoms with Gasteiger partial charge in [0.25, 0.3) is 0 Å². The Morgan fingerprint density at radius 3 is 2.36 bits per heavy atom. The zero-order valence-electron chi connectivity index (χ0n) is 15.7. The van der Waals surface area contributed by atoms with Gasteiger partial charge in [0.1, 0.15) is 0 Å². The van der Waals surface area contributed by atoms with Crippen molar-refractivity contribution in [2.24, 2.45) is 7.05 Å². The lowest BCUT2D eigenvalue weighted by Gasteiger charge is -2.38. The second kappa shape index (κ2) is 8.52. The first-order valence-corrected chi connectivity index (χ1v) is 9.92. The largest absolute Gasteiger partial charge is 0.451 e. The highest BCUT2D eigenvalue weighted by atomic mass is 32.2. The van der Waals surface area contributed by atoms with Crippen LogP contribution in [0.15, 0.2) is 35.5 Å². The van der Waals surface area contributed by atoms with Crippen LogP contribution in [0.1, 0.15) is 24.4 Å². The number of benzene rings is 1. The number of halogens is 3. The summed E-state index contributed by atoms with van der Waals surface area (Å²) in [6.07, 6.45) is -4.56. The smallest absolute Gasteiger partial charge is 0.339 e. The van der Waals surface area contributed by atoms with Crippen LogP contribution in [0.25, 0.3) is 0 Å². The molecule has 2 heterocycles. The minimum Gasteiger partial charge on any atom is -0.339 e. The van der Waals surface area contributed by atoms with Gasteiger partial charge in [0.05, 0.1) is 5.75 Å². The van der Waals surface area contributed by atoms with E-state index >= 15 is 0 Å². The second-order valence-electron chi connectivity index (χ2n) is 6.66. The van der Waals surface area contributed by atoms with Crippen molar-refractivity contribution >= 4 is 17.7 Å². The molecular formula is C18H22F3N5OS. The molecule has 1 amide bonds. The Bertz CT molecular complexity index is 803. The van der Waals surface area contributed by atoms with E-state index in [2.05, 4.69) is 34.2 Å². The minimum absolute atomic E-state index is 0.0398. The third-order valence-corrected chi connectivity index (χ3v) is 5.91. The van der Waals surface area contributed by atoms with E-state index in [0.29, 0.717) is 13.1 Å². The van der Waals surface area contributed by atoms with Gasteiger partial charge in [-0.3, -0.25) is 9.69 Å². The van der Waals surface area contributed by atoms with Gasteiger partial charge >= 0.3 is 6.18 Å². The number of hydrogen-bond donors (Lipinski definition) is 0. The van der Waals surface area contributed by atoms with E-state index in [1.807, 2.05) is 18.2 Å². The molecule has 3 rings (SSSR count). The molecule has 0 spiro atoms. The van der Waals surface area contributed by atoms with E-state index in [9.17, 15) is 18.0 Å². The average molecular weight is 413 g/mol. The van der Waals surface area contributed by atoms with Crippen molar-refractivity contribution in [3.8, 4) is 0 Å². The highest BCUT2D eigenvalue weighted by molar-refractivity contribution is 7.99. The van der Waals surface area contributed by atoms with Crippen LogP contribution >= 0.6 is 11.8 Å². The highest BCUT2D eigenvalue weighted by Gasteiger charge is 2.37. The van der Waals surface area contributed by atoms with E-state index in [0.717, 1.165) is 29.4 Å². The van der Waals surface area contributed by atoms with Crippen molar-refractivity contribution in [1.29, 1.82) is 0 Å². The van der Waals surface area contributed by atoms with Crippen molar-refractivity contribution in [1.82, 2.24) is 24.6 Å². The number of piperazine rings is 1. The van der Waals surface area contributed by atoms with Gasteiger partial charge in [0.15, 0.2) is 5.16 Å². The molecule has 1 unspecified atom stereocenters. The van der Waals surface area contributed by atoms with Gasteiger partial charge in [-0.1, -0.05) is 42.1 Å². The summed E-state index contributed by atoms with van der Waals surface area (Å²) >= 11 is 0.974. The third kappa shape index (κ3) is 4.67. The van der Waals surface area contributed by atoms with Crippen molar-refractivity contribution in [2.45, 2.75) is 24.3 Å². The maximum Gasteiger partial charge on any atom is 0.451 e. The molecule has 0 aliphatic carbocycles. The number of aromatic nitrogens is 3. The summed E-state index contributed by atoms with van der Waals surface area (Å²) in [6.45, 7) is 4.87. The van der Waals surface area contributed by atoms with E-state index in [1.54, 1.807) is 4.90 Å². The monoisotopic (exact) mass is 413 g/mol. The van der Waals surface area contributed by atoms with Crippen molar-refractivity contribution in [2.75, 3.05) is 31.9 Å². The number of alkyl halides is 3. The van der Waals surface area contributed by atoms with Crippen LogP contribution in [0, 0.1) is 0 Å². The molecule has 1 aromatic carbocycles. The number of thioether (sulfide) groups is 1. The summed E-state index contributed by atoms with van der Waals surface area (Å²) in [5, 5.41) is 6.80. The minimum atomic E-state index is -4.56. The molecule has 1 saturated heterocycles. The van der Waals surface area contributed by atoms with E-state index < -0.39 is 12.0 Å². The predicted octanol–water partition coefficient (Wildman–Crippen LogP) is 2.83. The normalized spacial score (nSPS) is 17.0. The molecule has 10 heteroatoms. The highest BCUT2D eigenvalue weighted by Crippen LogP contribution is 2.29. The first-order valence-electron chi connectivity index (χ1n) is 8.93. The molecule has 0 radical (unpaired) electrons. The summed E-state index contributed by atoms with van der Waals surface area (Å²) in [5.41, 5.74) is 1.24. The van der Waals surface area contributed by atoms with Crippen LogP contribution in [-0.2, 0) is 18.0 Å². The Balaban J connectivity index is 1.50. The molecule has 152 valence electrons. The summed E-state index contributed by atoms with van der Waals surface area (Å²) in [7, 11) is 1.25. The van der Waals surface area contributed by atoms with Crippen molar-refractivity contribution in [3.05, 3.63) is 41.7 Å². The number of rotatable bonds is 5. The van der Waals surface area contributed by atoms with Crippen LogP contribution in [0.4, 0.5) is 13.2 Å². The van der Waals surface area contributed by atoms with Gasteiger partial charge in [-0.2, -0.15) is 13.2 Å². The Morgan fingerprint density at radius 1 is 1.14 bits per heavy atom. The lowest BCUT2D eigenvalue weighted by atomic mass is 10.1. The van der Waals surface area contributed by atoms with Gasteiger partial charge in [0.2, 0.25) is 11.7 Å². The van der Waals surface area contributed by atoms with E-state index in [4.69, 9.17) is 0 Å². The molecule has 0 saturated carbocycles. The lowest BCUT2D eigenvalue weighted by molar-refractivity contribution is -0.147. The number of carbonyl (C=O) groups excluding carboxylic acids is 1. The fourth-order valence-corrected chi connectivity index (χ4v) is 4.02. The summed E-state index contributed by atoms with van der Waals surface area (Å²) in [4.78, 5) is 16.5. The zero-order chi connectivity index (χ0) is 20.3. The molecule has 1 aromatic heterocycles. The summed E-state index contributed by atoms with van der Waals surface area (Å²) in [6, 6.07) is 10.5. The lowest BCUT2D eigenvalue weighted by Crippen LogP contribution is -2.49. The standard InChI is InChI=1S/C18H22F3N5OS/c1-13(14-6-4-3-5-7-14)25-8-10-26(11-9-25)15(27)12-28-17-23-22-16(24(17)2)18(19,20)21/h3-7,13H,8-12H2,1-2H3. The van der Waals surface area contributed by atoms with Crippen LogP contribution in [-0.4, -0.2) is 62.4 Å². The molecule has 1 atom stereocenters. The molecule has 0 N–H and O–H groups in total. The summed E-state index contributed by atoms with van der Waals surface area (Å²) in [5.74, 6) is -1.13. The first-order chi connectivity index (χ1) is 13.3. The maximum absolute atomic E-state index is 12.8. The molecule has 28 heavy (non-hydrogen) atoms. The molecule has 2 aromatic rings. The fourth-order valence-electron chi connectivity index (χ4n) is 3.21. The summed E-state index contributed by atoms with van der Waals surface area (Å²) < 4.78 is 39.2. The average Bonchev–Trinajstić information content (AvgIpc) is 3.07. The van der Waals surface area contributed by atoms with Crippen molar-refractivity contribution in [3.63, 3.8) is 0 Å². The topological polar surface area (TPSA) is 54.3 Å². The molecule has 1 aliphatic rings. The molecule has 6 nitrogen and oxygen atoms in total. The Labute approximate surface area is 165 Å². The quantitative estimate of drug-likeness (QED) is 0.706. The molecular weight excluding hydrogens is 391 g/mol. The van der Waals surface area contributed by atoms with Gasteiger partial charge < -0.3 is 9.47 Å². The zero-order valence-corrected chi connectivity index (χ0v) is 16.5. The SMILES string of the molecule is CC(c1ccccc1)N1CCN(C(=O)CSc2nnc(C(F)(F)F)n2C)CC1. The number of nitrogens with zero attached hydrogens (tertiary/aromatic N) is 5. The van der Waals surface area contributed by atoms with Crippen LogP contribution < -0.4 is 0 Å². The van der Waals surface area contributed by atoms with Crippen molar-refractivity contribution < 1.29 is 18.0 Å². The van der Waals surface area contributed by atoms with E-state index in [1.165, 1.54) is 12.6 Å². The predicted molar refractivity (Wildman–Crippen MR) is 99.7 cm³/mol. The van der Waals surface area contributed by atoms with Gasteiger partial charge in [0, 0.05) is 39.3 Å². The second-order valence-corrected chi connectivity index (χ2v) is 7.60. The van der Waals surface area contributed by atoms with Gasteiger partial charge in [-0.25, -0.2) is 0 Å². The first kappa shape index (κ1) is 20.7. The van der Waals surface area contributed by atoms with Crippen LogP contribution in [0.5, 0.6) is 0 Å². The van der Waals surface area contributed by atoms with Crippen LogP contribution in [0.2, 0.25) is 0 Å². The third-order valence-electron chi connectivity index (χ3n) is 4.91. The number of amides is 1. The number of hydrogen-bond acceptors (Lipinski definition) is 5. The maximum atomic E-state index is 12.8. The van der Waals surface area contributed by atoms with Gasteiger partial charge in [-0.15, -0.1) is 10.2 Å². The van der Waals surface area contributed by atoms with Gasteiger partial charge in [-0.05, 0) is 12.5 Å². The molecule has 1 aliphatic heterocycles. The Kier molecular flexibility index (Phi) is 6.29. The Morgan fingerprint density at radius 2 is 1.79 bits per heavy atom. The molecule has 0 bridgehead atoms. The van der Waals surface area contributed by atoms with Crippen LogP contribution in [0.3, 0.4) is 0 Å². The molecule has 1 fully saturated rings. The Hall–Kier alpha value is -2.07. The number of carbonyl (C=O) groups is 1. The fraction of sp³-hybridized carbons (Fsp3) is 0.500.